The van der Waals surface area contributed by atoms with Crippen LogP contribution in [0.25, 0.3) is 0 Å². The SMILES string of the molecule is C=C(C(=O)OCC)N(SC)c1ccc(OC)cc1. The molecular formula is C13H17NO3S. The zero-order chi connectivity index (χ0) is 13.5. The van der Waals surface area contributed by atoms with Gasteiger partial charge in [0, 0.05) is 6.26 Å². The Kier molecular flexibility index (Phi) is 5.58. The van der Waals surface area contributed by atoms with Crippen molar-refractivity contribution in [1.82, 2.24) is 0 Å². The molecule has 0 atom stereocenters. The highest BCUT2D eigenvalue weighted by Crippen LogP contribution is 2.27. The van der Waals surface area contributed by atoms with Crippen LogP contribution in [-0.4, -0.2) is 25.9 Å². The lowest BCUT2D eigenvalue weighted by molar-refractivity contribution is -0.138. The number of ether oxygens (including phenoxy) is 2. The molecule has 0 radical (unpaired) electrons. The highest BCUT2D eigenvalue weighted by molar-refractivity contribution is 8.00. The fourth-order valence-electron chi connectivity index (χ4n) is 1.39. The highest BCUT2D eigenvalue weighted by atomic mass is 32.2. The smallest absolute Gasteiger partial charge is 0.355 e. The maximum Gasteiger partial charge on any atom is 0.355 e. The monoisotopic (exact) mass is 267 g/mol. The summed E-state index contributed by atoms with van der Waals surface area (Å²) in [5.41, 5.74) is 1.15. The molecule has 0 saturated heterocycles. The number of hydrogen-bond acceptors (Lipinski definition) is 5. The lowest BCUT2D eigenvalue weighted by atomic mass is 10.3. The van der Waals surface area contributed by atoms with E-state index >= 15 is 0 Å². The Bertz CT molecular complexity index is 417. The summed E-state index contributed by atoms with van der Waals surface area (Å²) in [7, 11) is 1.61. The van der Waals surface area contributed by atoms with Gasteiger partial charge in [-0.25, -0.2) is 4.79 Å². The Hall–Kier alpha value is -1.62. The van der Waals surface area contributed by atoms with Crippen molar-refractivity contribution in [2.45, 2.75) is 6.92 Å². The normalized spacial score (nSPS) is 9.72. The molecule has 1 aromatic carbocycles. The molecule has 0 bridgehead atoms. The van der Waals surface area contributed by atoms with E-state index in [4.69, 9.17) is 9.47 Å². The lowest BCUT2D eigenvalue weighted by Crippen LogP contribution is -2.21. The van der Waals surface area contributed by atoms with E-state index in [1.807, 2.05) is 30.5 Å². The molecule has 0 fully saturated rings. The Morgan fingerprint density at radius 1 is 1.39 bits per heavy atom. The van der Waals surface area contributed by atoms with E-state index in [0.717, 1.165) is 11.4 Å². The summed E-state index contributed by atoms with van der Waals surface area (Å²) in [4.78, 5) is 11.6. The van der Waals surface area contributed by atoms with Crippen molar-refractivity contribution in [3.05, 3.63) is 36.5 Å². The van der Waals surface area contributed by atoms with Crippen LogP contribution >= 0.6 is 11.9 Å². The maximum atomic E-state index is 11.6. The van der Waals surface area contributed by atoms with Crippen LogP contribution in [0.3, 0.4) is 0 Å². The van der Waals surface area contributed by atoms with Crippen molar-refractivity contribution < 1.29 is 14.3 Å². The van der Waals surface area contributed by atoms with Crippen LogP contribution in [0.2, 0.25) is 0 Å². The van der Waals surface area contributed by atoms with Crippen molar-refractivity contribution >= 4 is 23.6 Å². The molecule has 0 aromatic heterocycles. The molecule has 1 aromatic rings. The van der Waals surface area contributed by atoms with Gasteiger partial charge in [0.05, 0.1) is 19.4 Å². The molecule has 5 heteroatoms. The van der Waals surface area contributed by atoms with Gasteiger partial charge in [0.1, 0.15) is 11.4 Å². The molecule has 0 aliphatic rings. The predicted molar refractivity (Wildman–Crippen MR) is 74.8 cm³/mol. The summed E-state index contributed by atoms with van der Waals surface area (Å²) < 4.78 is 11.7. The summed E-state index contributed by atoms with van der Waals surface area (Å²) in [6, 6.07) is 7.38. The van der Waals surface area contributed by atoms with Crippen LogP contribution in [0.15, 0.2) is 36.5 Å². The first-order chi connectivity index (χ1) is 8.63. The predicted octanol–water partition coefficient (Wildman–Crippen LogP) is 2.86. The van der Waals surface area contributed by atoms with E-state index in [-0.39, 0.29) is 0 Å². The number of rotatable bonds is 6. The Morgan fingerprint density at radius 2 is 2.00 bits per heavy atom. The van der Waals surface area contributed by atoms with Gasteiger partial charge in [-0.05, 0) is 43.1 Å². The van der Waals surface area contributed by atoms with Crippen molar-refractivity contribution in [3.63, 3.8) is 0 Å². The Balaban J connectivity index is 2.87. The van der Waals surface area contributed by atoms with Gasteiger partial charge in [-0.1, -0.05) is 6.58 Å². The summed E-state index contributed by atoms with van der Waals surface area (Å²) in [5, 5.41) is 0. The molecule has 4 nitrogen and oxygen atoms in total. The van der Waals surface area contributed by atoms with Gasteiger partial charge in [0.25, 0.3) is 0 Å². The van der Waals surface area contributed by atoms with Gasteiger partial charge in [0.15, 0.2) is 0 Å². The van der Waals surface area contributed by atoms with E-state index in [0.29, 0.717) is 12.3 Å². The van der Waals surface area contributed by atoms with E-state index in [1.165, 1.54) is 11.9 Å². The Labute approximate surface area is 112 Å². The molecule has 1 rings (SSSR count). The van der Waals surface area contributed by atoms with Crippen LogP contribution in [-0.2, 0) is 9.53 Å². The van der Waals surface area contributed by atoms with E-state index in [2.05, 4.69) is 6.58 Å². The molecule has 0 heterocycles. The van der Waals surface area contributed by atoms with Gasteiger partial charge < -0.3 is 9.47 Å². The van der Waals surface area contributed by atoms with Crippen LogP contribution < -0.4 is 9.04 Å². The first kappa shape index (κ1) is 14.4. The molecular weight excluding hydrogens is 250 g/mol. The molecule has 0 amide bonds. The second-order valence-corrected chi connectivity index (χ2v) is 4.07. The Morgan fingerprint density at radius 3 is 2.44 bits per heavy atom. The first-order valence-electron chi connectivity index (χ1n) is 5.48. The zero-order valence-corrected chi connectivity index (χ0v) is 11.6. The number of anilines is 1. The number of esters is 1. The van der Waals surface area contributed by atoms with E-state index < -0.39 is 5.97 Å². The van der Waals surface area contributed by atoms with Gasteiger partial charge in [-0.15, -0.1) is 0 Å². The minimum Gasteiger partial charge on any atom is -0.497 e. The minimum absolute atomic E-state index is 0.300. The molecule has 0 unspecified atom stereocenters. The molecule has 98 valence electrons. The van der Waals surface area contributed by atoms with Gasteiger partial charge in [0.2, 0.25) is 0 Å². The molecule has 0 N–H and O–H groups in total. The zero-order valence-electron chi connectivity index (χ0n) is 10.8. The third kappa shape index (κ3) is 3.43. The van der Waals surface area contributed by atoms with Crippen molar-refractivity contribution in [1.29, 1.82) is 0 Å². The van der Waals surface area contributed by atoms with E-state index in [9.17, 15) is 4.79 Å². The minimum atomic E-state index is -0.414. The second-order valence-electron chi connectivity index (χ2n) is 3.34. The summed E-state index contributed by atoms with van der Waals surface area (Å²) >= 11 is 1.39. The molecule has 0 spiro atoms. The van der Waals surface area contributed by atoms with Crippen molar-refractivity contribution in [2.24, 2.45) is 0 Å². The fourth-order valence-corrected chi connectivity index (χ4v) is 2.01. The number of benzene rings is 1. The summed E-state index contributed by atoms with van der Waals surface area (Å²) in [5.74, 6) is 0.351. The van der Waals surface area contributed by atoms with Crippen molar-refractivity contribution in [3.8, 4) is 5.75 Å². The third-order valence-electron chi connectivity index (χ3n) is 2.25. The molecule has 18 heavy (non-hydrogen) atoms. The third-order valence-corrected chi connectivity index (χ3v) is 3.04. The number of hydrogen-bond donors (Lipinski definition) is 0. The van der Waals surface area contributed by atoms with Gasteiger partial charge >= 0.3 is 5.97 Å². The largest absolute Gasteiger partial charge is 0.497 e. The maximum absolute atomic E-state index is 11.6. The quantitative estimate of drug-likeness (QED) is 0.450. The number of carbonyl (C=O) groups excluding carboxylic acids is 1. The first-order valence-corrected chi connectivity index (χ1v) is 6.66. The molecule has 0 aliphatic carbocycles. The fraction of sp³-hybridized carbons (Fsp3) is 0.308. The highest BCUT2D eigenvalue weighted by Gasteiger charge is 2.17. The average Bonchev–Trinajstić information content (AvgIpc) is 2.40. The summed E-state index contributed by atoms with van der Waals surface area (Å²) in [6.45, 7) is 5.86. The lowest BCUT2D eigenvalue weighted by Gasteiger charge is -2.22. The van der Waals surface area contributed by atoms with Crippen LogP contribution in [0.5, 0.6) is 5.75 Å². The van der Waals surface area contributed by atoms with Crippen LogP contribution in [0, 0.1) is 0 Å². The van der Waals surface area contributed by atoms with Gasteiger partial charge in [-0.2, -0.15) is 0 Å². The van der Waals surface area contributed by atoms with Crippen LogP contribution in [0.4, 0.5) is 5.69 Å². The van der Waals surface area contributed by atoms with Crippen LogP contribution in [0.1, 0.15) is 6.92 Å². The van der Waals surface area contributed by atoms with Crippen molar-refractivity contribution in [2.75, 3.05) is 24.3 Å². The average molecular weight is 267 g/mol. The number of nitrogens with zero attached hydrogens (tertiary/aromatic N) is 1. The second kappa shape index (κ2) is 6.96. The number of carbonyl (C=O) groups is 1. The van der Waals surface area contributed by atoms with Gasteiger partial charge in [-0.3, -0.25) is 4.31 Å². The van der Waals surface area contributed by atoms with E-state index in [1.54, 1.807) is 18.3 Å². The number of methoxy groups -OCH3 is 1. The topological polar surface area (TPSA) is 38.8 Å². The molecule has 0 saturated carbocycles. The standard InChI is InChI=1S/C13H17NO3S/c1-5-17-13(15)10(2)14(18-4)11-6-8-12(16-3)9-7-11/h6-9H,2,5H2,1,3-4H3. The summed E-state index contributed by atoms with van der Waals surface area (Å²) in [6.07, 6.45) is 1.87. The molecule has 0 aliphatic heterocycles.